The molecule has 150 valence electrons. The summed E-state index contributed by atoms with van der Waals surface area (Å²) in [7, 11) is 3.79. The number of halogens is 1. The minimum atomic E-state index is -0.427. The Morgan fingerprint density at radius 1 is 1.43 bits per heavy atom. The first-order valence-corrected chi connectivity index (χ1v) is 10.5. The number of carbonyl (C=O) groups is 1. The number of nitrogens with one attached hydrogen (secondary N) is 1. The predicted octanol–water partition coefficient (Wildman–Crippen LogP) is 3.02. The molecular weight excluding hydrogens is 376 g/mol. The van der Waals surface area contributed by atoms with Gasteiger partial charge in [-0.3, -0.25) is 4.79 Å². The second-order valence-electron chi connectivity index (χ2n) is 7.03. The maximum absolute atomic E-state index is 14.1. The van der Waals surface area contributed by atoms with Crippen LogP contribution in [0.3, 0.4) is 0 Å². The molecule has 5 nitrogen and oxygen atoms in total. The lowest BCUT2D eigenvalue weighted by atomic mass is 10.2. The molecule has 3 rings (SSSR count). The monoisotopic (exact) mass is 403 g/mol. The summed E-state index contributed by atoms with van der Waals surface area (Å²) in [4.78, 5) is 15.7. The van der Waals surface area contributed by atoms with Crippen LogP contribution in [0.2, 0.25) is 0 Å². The van der Waals surface area contributed by atoms with E-state index in [4.69, 9.17) is 4.74 Å². The van der Waals surface area contributed by atoms with Crippen LogP contribution in [0.1, 0.15) is 12.5 Å². The molecule has 28 heavy (non-hydrogen) atoms. The van der Waals surface area contributed by atoms with Gasteiger partial charge in [-0.15, -0.1) is 0 Å². The van der Waals surface area contributed by atoms with Crippen LogP contribution < -0.4 is 10.1 Å². The molecule has 0 aliphatic carbocycles. The predicted molar refractivity (Wildman–Crippen MR) is 113 cm³/mol. The first-order valence-electron chi connectivity index (χ1n) is 9.38. The molecule has 0 spiro atoms. The third-order valence-corrected chi connectivity index (χ3v) is 6.62. The summed E-state index contributed by atoms with van der Waals surface area (Å²) in [6.45, 7) is 5.15. The van der Waals surface area contributed by atoms with Gasteiger partial charge in [0, 0.05) is 38.9 Å². The van der Waals surface area contributed by atoms with Crippen molar-refractivity contribution in [2.24, 2.45) is 0 Å². The average Bonchev–Trinajstić information content (AvgIpc) is 2.69. The van der Waals surface area contributed by atoms with Gasteiger partial charge < -0.3 is 19.9 Å². The van der Waals surface area contributed by atoms with Crippen LogP contribution in [-0.4, -0.2) is 61.7 Å². The largest absolute Gasteiger partial charge is 0.494 e. The SMILES string of the molecule is COc1ccc(/C(=C/C=O)PC2C=CC(N3CCN[C@H](C)C3)=CN2C)cc1F. The van der Waals surface area contributed by atoms with Crippen LogP contribution in [-0.2, 0) is 4.79 Å². The lowest BCUT2D eigenvalue weighted by Gasteiger charge is -2.38. The zero-order valence-electron chi connectivity index (χ0n) is 16.5. The fourth-order valence-corrected chi connectivity index (χ4v) is 4.73. The summed E-state index contributed by atoms with van der Waals surface area (Å²) in [5, 5.41) is 4.28. The number of hydrogen-bond donors (Lipinski definition) is 1. The molecule has 3 atom stereocenters. The molecule has 2 aliphatic rings. The van der Waals surface area contributed by atoms with E-state index in [-0.39, 0.29) is 11.5 Å². The van der Waals surface area contributed by atoms with E-state index in [0.717, 1.165) is 31.2 Å². The second-order valence-corrected chi connectivity index (χ2v) is 8.45. The number of aldehydes is 1. The molecule has 2 unspecified atom stereocenters. The quantitative estimate of drug-likeness (QED) is 0.450. The first kappa shape index (κ1) is 20.6. The van der Waals surface area contributed by atoms with Gasteiger partial charge in [0.05, 0.1) is 18.6 Å². The summed E-state index contributed by atoms with van der Waals surface area (Å²) in [5.74, 6) is -0.102. The Hall–Kier alpha value is -2.17. The summed E-state index contributed by atoms with van der Waals surface area (Å²) >= 11 is 0. The topological polar surface area (TPSA) is 44.8 Å². The van der Waals surface area contributed by atoms with Gasteiger partial charge in [0.2, 0.25) is 0 Å². The van der Waals surface area contributed by atoms with Crippen molar-refractivity contribution >= 4 is 20.2 Å². The molecule has 1 aromatic rings. The minimum absolute atomic E-state index is 0.125. The summed E-state index contributed by atoms with van der Waals surface area (Å²) in [6.07, 6.45) is 8.77. The van der Waals surface area contributed by atoms with Gasteiger partial charge in [0.1, 0.15) is 6.29 Å². The molecule has 0 aromatic heterocycles. The van der Waals surface area contributed by atoms with E-state index in [0.29, 0.717) is 20.2 Å². The van der Waals surface area contributed by atoms with Crippen LogP contribution in [0.25, 0.3) is 5.31 Å². The molecule has 1 N–H and O–H groups in total. The van der Waals surface area contributed by atoms with Crippen molar-refractivity contribution in [1.82, 2.24) is 15.1 Å². The van der Waals surface area contributed by atoms with E-state index in [2.05, 4.69) is 40.4 Å². The third kappa shape index (κ3) is 4.81. The lowest BCUT2D eigenvalue weighted by molar-refractivity contribution is -0.104. The number of rotatable bonds is 6. The number of allylic oxidation sites excluding steroid dienone is 2. The van der Waals surface area contributed by atoms with Crippen LogP contribution in [0.5, 0.6) is 5.75 Å². The molecule has 0 amide bonds. The van der Waals surface area contributed by atoms with E-state index in [1.807, 2.05) is 7.05 Å². The molecule has 2 aliphatic heterocycles. The molecule has 0 bridgehead atoms. The maximum atomic E-state index is 14.1. The van der Waals surface area contributed by atoms with Gasteiger partial charge in [0.25, 0.3) is 0 Å². The molecule has 0 saturated carbocycles. The Bertz CT molecular complexity index is 809. The summed E-state index contributed by atoms with van der Waals surface area (Å²) < 4.78 is 19.1. The fraction of sp³-hybridized carbons (Fsp3) is 0.381. The minimum Gasteiger partial charge on any atom is -0.494 e. The Kier molecular flexibility index (Phi) is 6.87. The Morgan fingerprint density at radius 2 is 2.25 bits per heavy atom. The number of piperazine rings is 1. The highest BCUT2D eigenvalue weighted by molar-refractivity contribution is 7.51. The number of carbonyl (C=O) groups excluding carboxylic acids is 1. The normalized spacial score (nSPS) is 23.3. The second kappa shape index (κ2) is 9.35. The number of hydrogen-bond acceptors (Lipinski definition) is 5. The van der Waals surface area contributed by atoms with E-state index >= 15 is 0 Å². The van der Waals surface area contributed by atoms with Gasteiger partial charge in [-0.2, -0.15) is 0 Å². The van der Waals surface area contributed by atoms with Crippen molar-refractivity contribution in [3.63, 3.8) is 0 Å². The van der Waals surface area contributed by atoms with E-state index in [1.165, 1.54) is 24.9 Å². The highest BCUT2D eigenvalue weighted by atomic mass is 31.1. The number of nitrogens with zero attached hydrogens (tertiary/aromatic N) is 2. The van der Waals surface area contributed by atoms with E-state index in [1.54, 1.807) is 12.1 Å². The number of ether oxygens (including phenoxy) is 1. The number of likely N-dealkylation sites (N-methyl/N-ethyl adjacent to an activating group) is 1. The van der Waals surface area contributed by atoms with Gasteiger partial charge in [-0.25, -0.2) is 4.39 Å². The molecule has 1 saturated heterocycles. The maximum Gasteiger partial charge on any atom is 0.165 e. The fourth-order valence-electron chi connectivity index (χ4n) is 3.45. The lowest BCUT2D eigenvalue weighted by Crippen LogP contribution is -2.49. The molecule has 2 heterocycles. The van der Waals surface area contributed by atoms with Gasteiger partial charge >= 0.3 is 0 Å². The Morgan fingerprint density at radius 3 is 2.89 bits per heavy atom. The zero-order valence-corrected chi connectivity index (χ0v) is 17.5. The van der Waals surface area contributed by atoms with Gasteiger partial charge in [-0.05, 0) is 42.1 Å². The average molecular weight is 403 g/mol. The third-order valence-electron chi connectivity index (χ3n) is 4.96. The Labute approximate surface area is 167 Å². The molecule has 1 aromatic carbocycles. The van der Waals surface area contributed by atoms with Crippen molar-refractivity contribution < 1.29 is 13.9 Å². The summed E-state index contributed by atoms with van der Waals surface area (Å²) in [5.41, 5.74) is 1.91. The number of methoxy groups -OCH3 is 1. The Balaban J connectivity index is 1.73. The van der Waals surface area contributed by atoms with E-state index < -0.39 is 5.82 Å². The molecule has 0 radical (unpaired) electrons. The standard InChI is InChI=1S/C21H27FN3O2P/c1-15-13-25(10-9-23-15)17-5-7-21(24(2)14-17)28-20(8-11-26)16-4-6-19(27-3)18(22)12-16/h4-8,11-12,14-15,21,23,28H,9-10,13H2,1-3H3/b20-8-/t15-,21?/m1/s1. The van der Waals surface area contributed by atoms with E-state index in [9.17, 15) is 9.18 Å². The van der Waals surface area contributed by atoms with Crippen molar-refractivity contribution in [2.75, 3.05) is 33.8 Å². The smallest absolute Gasteiger partial charge is 0.165 e. The molecular formula is C21H27FN3O2P. The van der Waals surface area contributed by atoms with Crippen LogP contribution in [0.4, 0.5) is 4.39 Å². The summed E-state index contributed by atoms with van der Waals surface area (Å²) in [6, 6.07) is 5.29. The molecule has 1 fully saturated rings. The van der Waals surface area contributed by atoms with Crippen molar-refractivity contribution in [3.05, 3.63) is 59.7 Å². The zero-order chi connectivity index (χ0) is 20.1. The number of benzene rings is 1. The van der Waals surface area contributed by atoms with Gasteiger partial charge in [0.15, 0.2) is 11.6 Å². The van der Waals surface area contributed by atoms with Gasteiger partial charge in [-0.1, -0.05) is 20.7 Å². The molecule has 7 heteroatoms. The highest BCUT2D eigenvalue weighted by Crippen LogP contribution is 2.41. The first-order chi connectivity index (χ1) is 13.5. The van der Waals surface area contributed by atoms with Crippen LogP contribution in [0.15, 0.2) is 48.3 Å². The van der Waals surface area contributed by atoms with Crippen molar-refractivity contribution in [2.45, 2.75) is 18.7 Å². The van der Waals surface area contributed by atoms with Crippen molar-refractivity contribution in [3.8, 4) is 5.75 Å². The van der Waals surface area contributed by atoms with Crippen molar-refractivity contribution in [1.29, 1.82) is 0 Å². The van der Waals surface area contributed by atoms with Crippen LogP contribution >= 0.6 is 8.58 Å². The highest BCUT2D eigenvalue weighted by Gasteiger charge is 2.22. The van der Waals surface area contributed by atoms with Crippen LogP contribution in [0, 0.1) is 5.82 Å².